The summed E-state index contributed by atoms with van der Waals surface area (Å²) in [6, 6.07) is 2.30. The molecule has 118 valence electrons. The summed E-state index contributed by atoms with van der Waals surface area (Å²) in [7, 11) is -2.46. The summed E-state index contributed by atoms with van der Waals surface area (Å²) < 4.78 is 45.7. The molecule has 1 aliphatic rings. The molecule has 1 saturated heterocycles. The normalized spacial score (nSPS) is 23.5. The fourth-order valence-corrected chi connectivity index (χ4v) is 4.42. The molecule has 1 aromatic rings. The van der Waals surface area contributed by atoms with Crippen molar-refractivity contribution >= 4 is 26.0 Å². The Morgan fingerprint density at radius 1 is 1.52 bits per heavy atom. The molecule has 0 aromatic heterocycles. The van der Waals surface area contributed by atoms with E-state index >= 15 is 0 Å². The quantitative estimate of drug-likeness (QED) is 0.866. The van der Waals surface area contributed by atoms with Gasteiger partial charge in [0.2, 0.25) is 10.0 Å². The number of methoxy groups -OCH3 is 1. The molecule has 1 atom stereocenters. The Bertz CT molecular complexity index is 653. The van der Waals surface area contributed by atoms with Gasteiger partial charge in [-0.05, 0) is 46.4 Å². The SMILES string of the molecule is COc1cc(Br)c(F)cc1S(=O)(=O)N1CCC(C)(CN)C1. The van der Waals surface area contributed by atoms with Crippen LogP contribution >= 0.6 is 15.9 Å². The molecule has 21 heavy (non-hydrogen) atoms. The first kappa shape index (κ1) is 16.7. The maximum Gasteiger partial charge on any atom is 0.246 e. The fraction of sp³-hybridized carbons (Fsp3) is 0.538. The van der Waals surface area contributed by atoms with Gasteiger partial charge < -0.3 is 10.5 Å². The summed E-state index contributed by atoms with van der Waals surface area (Å²) in [6.07, 6.45) is 0.685. The molecule has 0 saturated carbocycles. The van der Waals surface area contributed by atoms with Gasteiger partial charge >= 0.3 is 0 Å². The summed E-state index contributed by atoms with van der Waals surface area (Å²) in [4.78, 5) is -0.160. The Morgan fingerprint density at radius 2 is 2.19 bits per heavy atom. The van der Waals surface area contributed by atoms with Crippen molar-refractivity contribution in [2.24, 2.45) is 11.1 Å². The number of ether oxygens (including phenoxy) is 1. The van der Waals surface area contributed by atoms with E-state index in [1.807, 2.05) is 6.92 Å². The molecule has 0 aliphatic carbocycles. The standard InChI is InChI=1S/C13H18BrFN2O3S/c1-13(7-16)3-4-17(8-13)21(18,19)12-6-10(15)9(14)5-11(12)20-2/h5-6H,3-4,7-8,16H2,1-2H3. The fourth-order valence-electron chi connectivity index (χ4n) is 2.36. The van der Waals surface area contributed by atoms with Gasteiger partial charge in [-0.2, -0.15) is 4.31 Å². The van der Waals surface area contributed by atoms with E-state index in [0.29, 0.717) is 26.1 Å². The minimum atomic E-state index is -3.81. The van der Waals surface area contributed by atoms with Gasteiger partial charge in [0.1, 0.15) is 16.5 Å². The van der Waals surface area contributed by atoms with E-state index in [-0.39, 0.29) is 20.5 Å². The van der Waals surface area contributed by atoms with Crippen molar-refractivity contribution in [1.82, 2.24) is 4.31 Å². The smallest absolute Gasteiger partial charge is 0.246 e. The second-order valence-corrected chi connectivity index (χ2v) is 8.28. The van der Waals surface area contributed by atoms with Crippen LogP contribution in [0.4, 0.5) is 4.39 Å². The Balaban J connectivity index is 2.44. The van der Waals surface area contributed by atoms with Gasteiger partial charge in [0.05, 0.1) is 11.6 Å². The molecule has 0 bridgehead atoms. The highest BCUT2D eigenvalue weighted by molar-refractivity contribution is 9.10. The van der Waals surface area contributed by atoms with Crippen LogP contribution in [0.15, 0.2) is 21.5 Å². The second-order valence-electron chi connectivity index (χ2n) is 5.52. The van der Waals surface area contributed by atoms with Crippen molar-refractivity contribution in [3.8, 4) is 5.75 Å². The van der Waals surface area contributed by atoms with Crippen LogP contribution in [0.5, 0.6) is 5.75 Å². The number of sulfonamides is 1. The number of nitrogens with two attached hydrogens (primary N) is 1. The van der Waals surface area contributed by atoms with Gasteiger partial charge in [0.15, 0.2) is 0 Å². The molecule has 8 heteroatoms. The maximum atomic E-state index is 13.7. The first-order chi connectivity index (χ1) is 9.73. The van der Waals surface area contributed by atoms with Gasteiger partial charge in [-0.3, -0.25) is 0 Å². The Hall–Kier alpha value is -0.700. The predicted octanol–water partition coefficient (Wildman–Crippen LogP) is 1.96. The zero-order chi connectivity index (χ0) is 15.8. The third-order valence-corrected chi connectivity index (χ3v) is 6.31. The molecule has 1 unspecified atom stereocenters. The highest BCUT2D eigenvalue weighted by Crippen LogP contribution is 2.36. The van der Waals surface area contributed by atoms with E-state index < -0.39 is 15.8 Å². The van der Waals surface area contributed by atoms with Crippen LogP contribution in [-0.2, 0) is 10.0 Å². The Morgan fingerprint density at radius 3 is 2.71 bits per heavy atom. The van der Waals surface area contributed by atoms with Crippen molar-refractivity contribution in [3.05, 3.63) is 22.4 Å². The molecular weight excluding hydrogens is 363 g/mol. The summed E-state index contributed by atoms with van der Waals surface area (Å²) in [5, 5.41) is 0. The number of halogens is 2. The molecule has 1 aromatic carbocycles. The van der Waals surface area contributed by atoms with Crippen molar-refractivity contribution in [2.75, 3.05) is 26.7 Å². The van der Waals surface area contributed by atoms with Crippen molar-refractivity contribution < 1.29 is 17.5 Å². The van der Waals surface area contributed by atoms with Crippen LogP contribution in [-0.4, -0.2) is 39.5 Å². The lowest BCUT2D eigenvalue weighted by Crippen LogP contribution is -2.34. The lowest BCUT2D eigenvalue weighted by Gasteiger charge is -2.23. The third kappa shape index (κ3) is 3.08. The highest BCUT2D eigenvalue weighted by atomic mass is 79.9. The first-order valence-electron chi connectivity index (χ1n) is 6.47. The molecule has 2 N–H and O–H groups in total. The monoisotopic (exact) mass is 380 g/mol. The van der Waals surface area contributed by atoms with Crippen LogP contribution in [0.2, 0.25) is 0 Å². The highest BCUT2D eigenvalue weighted by Gasteiger charge is 2.40. The van der Waals surface area contributed by atoms with Crippen molar-refractivity contribution in [2.45, 2.75) is 18.2 Å². The van der Waals surface area contributed by atoms with Crippen LogP contribution < -0.4 is 10.5 Å². The minimum absolute atomic E-state index is 0.115. The molecular formula is C13H18BrFN2O3S. The summed E-state index contributed by atoms with van der Waals surface area (Å²) in [6.45, 7) is 3.05. The van der Waals surface area contributed by atoms with E-state index in [0.717, 1.165) is 6.07 Å². The Labute approximate surface area is 132 Å². The zero-order valence-electron chi connectivity index (χ0n) is 11.9. The van der Waals surface area contributed by atoms with Crippen LogP contribution in [0.1, 0.15) is 13.3 Å². The average Bonchev–Trinajstić information content (AvgIpc) is 2.85. The zero-order valence-corrected chi connectivity index (χ0v) is 14.3. The number of benzene rings is 1. The van der Waals surface area contributed by atoms with Gasteiger partial charge in [-0.15, -0.1) is 0 Å². The molecule has 0 radical (unpaired) electrons. The van der Waals surface area contributed by atoms with Gasteiger partial charge in [-0.1, -0.05) is 6.92 Å². The summed E-state index contributed by atoms with van der Waals surface area (Å²) >= 11 is 3.02. The van der Waals surface area contributed by atoms with Crippen molar-refractivity contribution in [3.63, 3.8) is 0 Å². The number of hydrogen-bond acceptors (Lipinski definition) is 4. The third-order valence-electron chi connectivity index (χ3n) is 3.84. The number of hydrogen-bond donors (Lipinski definition) is 1. The van der Waals surface area contributed by atoms with Gasteiger partial charge in [0.25, 0.3) is 0 Å². The molecule has 0 amide bonds. The van der Waals surface area contributed by atoms with Crippen molar-refractivity contribution in [1.29, 1.82) is 0 Å². The van der Waals surface area contributed by atoms with E-state index in [1.54, 1.807) is 0 Å². The molecule has 5 nitrogen and oxygen atoms in total. The maximum absolute atomic E-state index is 13.7. The lowest BCUT2D eigenvalue weighted by atomic mass is 9.90. The second kappa shape index (κ2) is 5.83. The minimum Gasteiger partial charge on any atom is -0.495 e. The molecule has 0 spiro atoms. The van der Waals surface area contributed by atoms with E-state index in [1.165, 1.54) is 17.5 Å². The largest absolute Gasteiger partial charge is 0.495 e. The van der Waals surface area contributed by atoms with E-state index in [2.05, 4.69) is 15.9 Å². The van der Waals surface area contributed by atoms with E-state index in [4.69, 9.17) is 10.5 Å². The lowest BCUT2D eigenvalue weighted by molar-refractivity contribution is 0.348. The molecule has 2 rings (SSSR count). The summed E-state index contributed by atoms with van der Waals surface area (Å²) in [5.74, 6) is -0.528. The van der Waals surface area contributed by atoms with Crippen LogP contribution in [0.25, 0.3) is 0 Å². The van der Waals surface area contributed by atoms with Crippen LogP contribution in [0, 0.1) is 11.2 Å². The summed E-state index contributed by atoms with van der Waals surface area (Å²) in [5.41, 5.74) is 5.46. The molecule has 1 aliphatic heterocycles. The predicted molar refractivity (Wildman–Crippen MR) is 81.2 cm³/mol. The van der Waals surface area contributed by atoms with Gasteiger partial charge in [-0.25, -0.2) is 12.8 Å². The van der Waals surface area contributed by atoms with Gasteiger partial charge in [0, 0.05) is 13.1 Å². The topological polar surface area (TPSA) is 72.6 Å². The average molecular weight is 381 g/mol. The Kier molecular flexibility index (Phi) is 4.63. The number of nitrogens with zero attached hydrogens (tertiary/aromatic N) is 1. The first-order valence-corrected chi connectivity index (χ1v) is 8.70. The van der Waals surface area contributed by atoms with Crippen LogP contribution in [0.3, 0.4) is 0 Å². The number of rotatable bonds is 4. The van der Waals surface area contributed by atoms with E-state index in [9.17, 15) is 12.8 Å². The molecule has 1 fully saturated rings. The molecule has 1 heterocycles.